The van der Waals surface area contributed by atoms with Gasteiger partial charge in [0.15, 0.2) is 4.87 Å². The van der Waals surface area contributed by atoms with Crippen molar-refractivity contribution in [1.82, 2.24) is 4.90 Å². The van der Waals surface area contributed by atoms with E-state index in [1.54, 1.807) is 28.0 Å². The second-order valence-electron chi connectivity index (χ2n) is 7.94. The maximum absolute atomic E-state index is 14.4. The molecule has 3 aromatic rings. The summed E-state index contributed by atoms with van der Waals surface area (Å²) in [4.78, 5) is 29.3. The molecule has 0 saturated carbocycles. The number of fused-ring (bicyclic) bond motifs is 2. The van der Waals surface area contributed by atoms with E-state index in [9.17, 15) is 14.0 Å². The van der Waals surface area contributed by atoms with E-state index < -0.39 is 4.87 Å². The van der Waals surface area contributed by atoms with E-state index in [1.165, 1.54) is 17.8 Å². The zero-order valence-electron chi connectivity index (χ0n) is 17.5. The minimum atomic E-state index is -1.16. The summed E-state index contributed by atoms with van der Waals surface area (Å²) >= 11 is 1.46. The van der Waals surface area contributed by atoms with E-state index in [-0.39, 0.29) is 24.3 Å². The number of urea groups is 1. The molecule has 0 aliphatic carbocycles. The van der Waals surface area contributed by atoms with Crippen LogP contribution in [0.25, 0.3) is 0 Å². The number of thioether (sulfide) groups is 1. The van der Waals surface area contributed by atoms with Crippen LogP contribution in [0.2, 0.25) is 0 Å². The standard InChI is InChI=1S/C25H22FN3O2S/c1-17-11-12-22-20(15-17)25(23(30)28(22)16-18-7-5-6-10-21(18)26)29(13-14-32-25)24(31)27-19-8-3-2-4-9-19/h2-12,15H,13-14,16H2,1H3,(H,27,31)/t25-/m1/s1. The summed E-state index contributed by atoms with van der Waals surface area (Å²) in [6, 6.07) is 21.1. The fraction of sp³-hybridized carbons (Fsp3) is 0.200. The van der Waals surface area contributed by atoms with Crippen LogP contribution in [-0.4, -0.2) is 29.1 Å². The first-order valence-corrected chi connectivity index (χ1v) is 11.4. The molecule has 1 fully saturated rings. The van der Waals surface area contributed by atoms with E-state index in [0.717, 1.165) is 16.8 Å². The summed E-state index contributed by atoms with van der Waals surface area (Å²) in [6.45, 7) is 2.51. The summed E-state index contributed by atoms with van der Waals surface area (Å²) in [7, 11) is 0. The lowest BCUT2D eigenvalue weighted by atomic mass is 10.0. The number of nitrogens with one attached hydrogen (secondary N) is 1. The molecular weight excluding hydrogens is 425 g/mol. The normalized spacial score (nSPS) is 19.5. The molecule has 5 nitrogen and oxygen atoms in total. The van der Waals surface area contributed by atoms with Crippen LogP contribution in [0.3, 0.4) is 0 Å². The van der Waals surface area contributed by atoms with Crippen molar-refractivity contribution in [2.75, 3.05) is 22.5 Å². The Bertz CT molecular complexity index is 1200. The van der Waals surface area contributed by atoms with Crippen LogP contribution in [0.5, 0.6) is 0 Å². The molecule has 0 unspecified atom stereocenters. The van der Waals surface area contributed by atoms with Crippen LogP contribution in [0.15, 0.2) is 72.8 Å². The highest BCUT2D eigenvalue weighted by Gasteiger charge is 2.59. The van der Waals surface area contributed by atoms with Gasteiger partial charge in [-0.05, 0) is 31.2 Å². The number of benzene rings is 3. The molecule has 3 aromatic carbocycles. The van der Waals surface area contributed by atoms with Crippen molar-refractivity contribution >= 4 is 35.1 Å². The topological polar surface area (TPSA) is 52.7 Å². The molecule has 2 aliphatic heterocycles. The molecular formula is C25H22FN3O2S. The van der Waals surface area contributed by atoms with Gasteiger partial charge in [-0.2, -0.15) is 0 Å². The predicted octanol–water partition coefficient (Wildman–Crippen LogP) is 5.11. The van der Waals surface area contributed by atoms with Gasteiger partial charge in [-0.3, -0.25) is 9.69 Å². The van der Waals surface area contributed by atoms with Gasteiger partial charge in [0.1, 0.15) is 5.82 Å². The van der Waals surface area contributed by atoms with Crippen molar-refractivity contribution in [3.8, 4) is 0 Å². The first kappa shape index (κ1) is 20.6. The molecule has 162 valence electrons. The SMILES string of the molecule is Cc1ccc2c(c1)[C@@]1(SCCN1C(=O)Nc1ccccc1)C(=O)N2Cc1ccccc1F. The van der Waals surface area contributed by atoms with Gasteiger partial charge in [0.2, 0.25) is 0 Å². The number of carbonyl (C=O) groups is 2. The number of amides is 3. The zero-order chi connectivity index (χ0) is 22.3. The van der Waals surface area contributed by atoms with E-state index >= 15 is 0 Å². The molecule has 2 heterocycles. The summed E-state index contributed by atoms with van der Waals surface area (Å²) in [5.74, 6) is 0.0641. The summed E-state index contributed by atoms with van der Waals surface area (Å²) in [6.07, 6.45) is 0. The Kier molecular flexibility index (Phi) is 5.13. The molecule has 0 aromatic heterocycles. The number of rotatable bonds is 3. The third kappa shape index (κ3) is 3.24. The largest absolute Gasteiger partial charge is 0.323 e. The predicted molar refractivity (Wildman–Crippen MR) is 125 cm³/mol. The fourth-order valence-electron chi connectivity index (χ4n) is 4.40. The Morgan fingerprint density at radius 2 is 1.84 bits per heavy atom. The highest BCUT2D eigenvalue weighted by atomic mass is 32.2. The average Bonchev–Trinajstić information content (AvgIpc) is 3.33. The molecule has 5 rings (SSSR count). The summed E-state index contributed by atoms with van der Waals surface area (Å²) in [5, 5.41) is 2.92. The maximum Gasteiger partial charge on any atom is 0.323 e. The first-order chi connectivity index (χ1) is 15.5. The molecule has 1 spiro atoms. The highest BCUT2D eigenvalue weighted by molar-refractivity contribution is 8.01. The van der Waals surface area contributed by atoms with E-state index in [2.05, 4.69) is 5.32 Å². The minimum absolute atomic E-state index is 0.109. The van der Waals surface area contributed by atoms with E-state index in [1.807, 2.05) is 55.5 Å². The van der Waals surface area contributed by atoms with Gasteiger partial charge >= 0.3 is 6.03 Å². The second-order valence-corrected chi connectivity index (χ2v) is 9.23. The molecule has 1 atom stereocenters. The number of hydrogen-bond donors (Lipinski definition) is 1. The van der Waals surface area contributed by atoms with Crippen LogP contribution in [0.1, 0.15) is 16.7 Å². The van der Waals surface area contributed by atoms with Crippen molar-refractivity contribution in [2.24, 2.45) is 0 Å². The van der Waals surface area contributed by atoms with Gasteiger partial charge in [0, 0.05) is 29.1 Å². The van der Waals surface area contributed by atoms with Gasteiger partial charge in [-0.15, -0.1) is 11.8 Å². The van der Waals surface area contributed by atoms with Gasteiger partial charge in [0.25, 0.3) is 5.91 Å². The fourth-order valence-corrected chi connectivity index (χ4v) is 5.85. The smallest absolute Gasteiger partial charge is 0.308 e. The Balaban J connectivity index is 1.55. The monoisotopic (exact) mass is 447 g/mol. The van der Waals surface area contributed by atoms with Gasteiger partial charge in [-0.1, -0.05) is 54.1 Å². The van der Waals surface area contributed by atoms with Crippen molar-refractivity contribution < 1.29 is 14.0 Å². The Labute approximate surface area is 190 Å². The van der Waals surface area contributed by atoms with Crippen molar-refractivity contribution in [3.05, 3.63) is 95.3 Å². The molecule has 0 radical (unpaired) electrons. The molecule has 7 heteroatoms. The second kappa shape index (κ2) is 7.98. The van der Waals surface area contributed by atoms with Gasteiger partial charge in [-0.25, -0.2) is 9.18 Å². The zero-order valence-corrected chi connectivity index (χ0v) is 18.4. The Hall–Kier alpha value is -3.32. The van der Waals surface area contributed by atoms with Crippen LogP contribution in [0, 0.1) is 12.7 Å². The number of hydrogen-bond acceptors (Lipinski definition) is 3. The van der Waals surface area contributed by atoms with Crippen molar-refractivity contribution in [3.63, 3.8) is 0 Å². The quantitative estimate of drug-likeness (QED) is 0.607. The van der Waals surface area contributed by atoms with Gasteiger partial charge < -0.3 is 10.2 Å². The third-order valence-electron chi connectivity index (χ3n) is 5.91. The molecule has 1 N–H and O–H groups in total. The summed E-state index contributed by atoms with van der Waals surface area (Å²) in [5.41, 5.74) is 3.61. The average molecular weight is 448 g/mol. The number of aryl methyl sites for hydroxylation is 1. The van der Waals surface area contributed by atoms with E-state index in [4.69, 9.17) is 0 Å². The van der Waals surface area contributed by atoms with E-state index in [0.29, 0.717) is 23.5 Å². The number of para-hydroxylation sites is 1. The Morgan fingerprint density at radius 3 is 2.62 bits per heavy atom. The molecule has 1 saturated heterocycles. The van der Waals surface area contributed by atoms with Crippen molar-refractivity contribution in [1.29, 1.82) is 0 Å². The maximum atomic E-state index is 14.4. The lowest BCUT2D eigenvalue weighted by molar-refractivity contribution is -0.123. The third-order valence-corrected chi connectivity index (χ3v) is 7.32. The van der Waals surface area contributed by atoms with Crippen LogP contribution in [-0.2, 0) is 16.2 Å². The molecule has 2 aliphatic rings. The lowest BCUT2D eigenvalue weighted by Crippen LogP contribution is -2.51. The van der Waals surface area contributed by atoms with Crippen molar-refractivity contribution in [2.45, 2.75) is 18.3 Å². The number of halogens is 1. The first-order valence-electron chi connectivity index (χ1n) is 10.4. The molecule has 32 heavy (non-hydrogen) atoms. The lowest BCUT2D eigenvalue weighted by Gasteiger charge is -2.33. The number of carbonyl (C=O) groups excluding carboxylic acids is 2. The van der Waals surface area contributed by atoms with Gasteiger partial charge in [0.05, 0.1) is 12.2 Å². The molecule has 3 amide bonds. The highest BCUT2D eigenvalue weighted by Crippen LogP contribution is 2.54. The van der Waals surface area contributed by atoms with Crippen LogP contribution < -0.4 is 10.2 Å². The summed E-state index contributed by atoms with van der Waals surface area (Å²) < 4.78 is 14.4. The minimum Gasteiger partial charge on any atom is -0.308 e. The van der Waals surface area contributed by atoms with Crippen LogP contribution in [0.4, 0.5) is 20.6 Å². The van der Waals surface area contributed by atoms with Crippen LogP contribution >= 0.6 is 11.8 Å². The number of anilines is 2. The Morgan fingerprint density at radius 1 is 1.09 bits per heavy atom. The number of nitrogens with zero attached hydrogens (tertiary/aromatic N) is 2. The molecule has 0 bridgehead atoms.